The number of nitrogens with zero attached hydrogens (tertiary/aromatic N) is 1. The van der Waals surface area contributed by atoms with Gasteiger partial charge in [-0.2, -0.15) is 0 Å². The summed E-state index contributed by atoms with van der Waals surface area (Å²) in [4.78, 5) is 23.0. The molecule has 0 radical (unpaired) electrons. The Morgan fingerprint density at radius 1 is 0.794 bits per heavy atom. The highest BCUT2D eigenvalue weighted by molar-refractivity contribution is 6.04. The zero-order valence-electron chi connectivity index (χ0n) is 19.1. The Bertz CT molecular complexity index is 1220. The molecule has 0 aliphatic heterocycles. The Morgan fingerprint density at radius 3 is 1.91 bits per heavy atom. The first-order valence-electron chi connectivity index (χ1n) is 12.2. The lowest BCUT2D eigenvalue weighted by Crippen LogP contribution is -2.55. The number of rotatable bonds is 5. The number of benzene rings is 3. The number of nitro benzene ring substituents is 1. The maximum atomic E-state index is 12.6. The van der Waals surface area contributed by atoms with E-state index in [1.165, 1.54) is 73.9 Å². The normalized spacial score (nSPS) is 29.1. The first kappa shape index (κ1) is 21.1. The molecule has 4 saturated carbocycles. The van der Waals surface area contributed by atoms with Crippen molar-refractivity contribution in [2.45, 2.75) is 49.4 Å². The van der Waals surface area contributed by atoms with E-state index in [1.807, 2.05) is 12.1 Å². The molecule has 34 heavy (non-hydrogen) atoms. The van der Waals surface area contributed by atoms with Crippen LogP contribution in [-0.4, -0.2) is 10.8 Å². The summed E-state index contributed by atoms with van der Waals surface area (Å²) in [7, 11) is 0. The molecule has 0 aromatic heterocycles. The molecule has 0 spiro atoms. The third-order valence-electron chi connectivity index (χ3n) is 8.54. The summed E-state index contributed by atoms with van der Waals surface area (Å²) >= 11 is 0. The minimum Gasteiger partial charge on any atom is -0.322 e. The quantitative estimate of drug-likeness (QED) is 0.348. The zero-order valence-corrected chi connectivity index (χ0v) is 19.1. The summed E-state index contributed by atoms with van der Waals surface area (Å²) in [5, 5.41) is 13.8. The Hall–Kier alpha value is -3.47. The number of anilines is 1. The molecule has 0 heterocycles. The minimum atomic E-state index is -0.465. The Balaban J connectivity index is 1.23. The summed E-state index contributed by atoms with van der Waals surface area (Å²) in [5.41, 5.74) is 4.56. The second-order valence-electron chi connectivity index (χ2n) is 10.7. The summed E-state index contributed by atoms with van der Waals surface area (Å²) in [5.74, 6) is 1.33. The van der Waals surface area contributed by atoms with Gasteiger partial charge in [-0.1, -0.05) is 42.5 Å². The van der Waals surface area contributed by atoms with Crippen LogP contribution in [0, 0.1) is 22.0 Å². The van der Waals surface area contributed by atoms with Crippen molar-refractivity contribution in [2.24, 2.45) is 11.8 Å². The van der Waals surface area contributed by atoms with Crippen LogP contribution in [0.15, 0.2) is 78.9 Å². The van der Waals surface area contributed by atoms with Crippen LogP contribution in [0.3, 0.4) is 0 Å². The molecule has 5 heteroatoms. The number of hydrogen-bond acceptors (Lipinski definition) is 3. The Morgan fingerprint density at radius 2 is 1.35 bits per heavy atom. The monoisotopic (exact) mass is 452 g/mol. The molecule has 7 rings (SSSR count). The molecule has 1 amide bonds. The van der Waals surface area contributed by atoms with Crippen molar-refractivity contribution in [3.05, 3.63) is 106 Å². The van der Waals surface area contributed by atoms with Crippen LogP contribution in [0.4, 0.5) is 11.4 Å². The van der Waals surface area contributed by atoms with Crippen molar-refractivity contribution in [3.63, 3.8) is 0 Å². The zero-order chi connectivity index (χ0) is 23.3. The number of carbonyl (C=O) groups excluding carboxylic acids is 1. The molecule has 4 bridgehead atoms. The molecule has 3 aromatic rings. The minimum absolute atomic E-state index is 0.0234. The molecule has 172 valence electrons. The van der Waals surface area contributed by atoms with Gasteiger partial charge >= 0.3 is 0 Å². The summed E-state index contributed by atoms with van der Waals surface area (Å²) in [6.07, 6.45) is 7.77. The molecule has 3 aromatic carbocycles. The van der Waals surface area contributed by atoms with E-state index in [2.05, 4.69) is 47.8 Å². The van der Waals surface area contributed by atoms with Crippen molar-refractivity contribution < 1.29 is 9.72 Å². The van der Waals surface area contributed by atoms with Gasteiger partial charge in [-0.3, -0.25) is 14.9 Å². The van der Waals surface area contributed by atoms with Crippen LogP contribution in [0.5, 0.6) is 0 Å². The van der Waals surface area contributed by atoms with Gasteiger partial charge in [0, 0.05) is 23.4 Å². The molecule has 2 unspecified atom stereocenters. The van der Waals surface area contributed by atoms with Gasteiger partial charge in [0.2, 0.25) is 0 Å². The van der Waals surface area contributed by atoms with Gasteiger partial charge in [0.25, 0.3) is 11.6 Å². The largest absolute Gasteiger partial charge is 0.322 e. The van der Waals surface area contributed by atoms with E-state index < -0.39 is 4.92 Å². The van der Waals surface area contributed by atoms with Crippen LogP contribution in [0.1, 0.15) is 60.0 Å². The standard InChI is InChI=1S/C29H28N2O3/c32-27(22-6-12-26(13-7-22)31(33)34)30-25-10-8-24(9-11-25)29-17-20-14-21(18-29)16-28(15-20,19-29)23-4-2-1-3-5-23/h1-13,20-21H,14-19H2,(H,30,32)/t20-,21+,28?,29?. The second-order valence-corrected chi connectivity index (χ2v) is 10.7. The summed E-state index contributed by atoms with van der Waals surface area (Å²) in [6.45, 7) is 0. The van der Waals surface area contributed by atoms with Crippen molar-refractivity contribution >= 4 is 17.3 Å². The van der Waals surface area contributed by atoms with Gasteiger partial charge in [0.15, 0.2) is 0 Å². The lowest BCUT2D eigenvalue weighted by atomic mass is 9.42. The highest BCUT2D eigenvalue weighted by Crippen LogP contribution is 2.66. The predicted molar refractivity (Wildman–Crippen MR) is 132 cm³/mol. The first-order chi connectivity index (χ1) is 16.4. The van der Waals surface area contributed by atoms with Crippen LogP contribution >= 0.6 is 0 Å². The molecular weight excluding hydrogens is 424 g/mol. The van der Waals surface area contributed by atoms with Crippen LogP contribution in [0.2, 0.25) is 0 Å². The Kier molecular flexibility index (Phi) is 4.83. The van der Waals surface area contributed by atoms with Crippen molar-refractivity contribution in [3.8, 4) is 0 Å². The molecule has 1 N–H and O–H groups in total. The van der Waals surface area contributed by atoms with Gasteiger partial charge in [0.1, 0.15) is 0 Å². The van der Waals surface area contributed by atoms with Gasteiger partial charge in [-0.15, -0.1) is 0 Å². The summed E-state index contributed by atoms with van der Waals surface area (Å²) in [6, 6.07) is 25.3. The summed E-state index contributed by atoms with van der Waals surface area (Å²) < 4.78 is 0. The third-order valence-corrected chi connectivity index (χ3v) is 8.54. The third kappa shape index (κ3) is 3.51. The van der Waals surface area contributed by atoms with Gasteiger partial charge in [0.05, 0.1) is 4.92 Å². The molecule has 4 atom stereocenters. The van der Waals surface area contributed by atoms with Crippen molar-refractivity contribution in [1.29, 1.82) is 0 Å². The number of nitro groups is 1. The molecule has 0 saturated heterocycles. The molecule has 4 aliphatic carbocycles. The lowest BCUT2D eigenvalue weighted by molar-refractivity contribution is -0.384. The first-order valence-corrected chi connectivity index (χ1v) is 12.2. The van der Waals surface area contributed by atoms with Gasteiger partial charge in [-0.25, -0.2) is 0 Å². The van der Waals surface area contributed by atoms with Gasteiger partial charge < -0.3 is 5.32 Å². The van der Waals surface area contributed by atoms with E-state index in [9.17, 15) is 14.9 Å². The van der Waals surface area contributed by atoms with Crippen LogP contribution < -0.4 is 5.32 Å². The van der Waals surface area contributed by atoms with Gasteiger partial charge in [-0.05, 0) is 96.6 Å². The Labute approximate surface area is 199 Å². The van der Waals surface area contributed by atoms with E-state index in [0.29, 0.717) is 11.0 Å². The number of non-ortho nitro benzene ring substituents is 1. The topological polar surface area (TPSA) is 72.2 Å². The number of hydrogen-bond donors (Lipinski definition) is 1. The maximum absolute atomic E-state index is 12.6. The molecule has 4 aliphatic rings. The fourth-order valence-electron chi connectivity index (χ4n) is 7.57. The van der Waals surface area contributed by atoms with Crippen LogP contribution in [0.25, 0.3) is 0 Å². The fraction of sp³-hybridized carbons (Fsp3) is 0.345. The van der Waals surface area contributed by atoms with E-state index in [4.69, 9.17) is 0 Å². The van der Waals surface area contributed by atoms with E-state index in [0.717, 1.165) is 17.5 Å². The number of carbonyl (C=O) groups is 1. The SMILES string of the molecule is O=C(Nc1ccc(C23C[C@@H]4C[C@@H](CC(c5ccccc5)(C4)C2)C3)cc1)c1ccc([N+](=O)[O-])cc1. The maximum Gasteiger partial charge on any atom is 0.269 e. The van der Waals surface area contributed by atoms with E-state index >= 15 is 0 Å². The van der Waals surface area contributed by atoms with E-state index in [1.54, 1.807) is 0 Å². The number of nitrogens with one attached hydrogen (secondary N) is 1. The lowest BCUT2D eigenvalue weighted by Gasteiger charge is -2.62. The average Bonchev–Trinajstić information content (AvgIpc) is 2.84. The average molecular weight is 453 g/mol. The predicted octanol–water partition coefficient (Wildman–Crippen LogP) is 6.64. The van der Waals surface area contributed by atoms with Crippen molar-refractivity contribution in [1.82, 2.24) is 0 Å². The molecular formula is C29H28N2O3. The fourth-order valence-corrected chi connectivity index (χ4v) is 7.57. The van der Waals surface area contributed by atoms with E-state index in [-0.39, 0.29) is 17.0 Å². The molecule has 5 nitrogen and oxygen atoms in total. The highest BCUT2D eigenvalue weighted by atomic mass is 16.6. The van der Waals surface area contributed by atoms with Crippen LogP contribution in [-0.2, 0) is 10.8 Å². The highest BCUT2D eigenvalue weighted by Gasteiger charge is 2.58. The molecule has 4 fully saturated rings. The second kappa shape index (κ2) is 7.79. The van der Waals surface area contributed by atoms with Crippen molar-refractivity contribution in [2.75, 3.05) is 5.32 Å². The smallest absolute Gasteiger partial charge is 0.269 e. The number of amides is 1.